The van der Waals surface area contributed by atoms with Crippen LogP contribution in [0.15, 0.2) is 0 Å². The largest absolute Gasteiger partial charge is 1.00 e. The molecule has 0 atom stereocenters. The number of hydrogen-bond acceptors (Lipinski definition) is 12. The predicted octanol–water partition coefficient (Wildman–Crippen LogP) is -23.5. The molecular weight excluding hydrogens is 480 g/mol. The van der Waals surface area contributed by atoms with Crippen molar-refractivity contribution in [1.82, 2.24) is 0 Å². The van der Waals surface area contributed by atoms with Crippen LogP contribution < -0.4 is 301 Å². The van der Waals surface area contributed by atoms with Crippen LogP contribution in [-0.2, 0) is 13.7 Å². The minimum Gasteiger partial charge on any atom is -0.822 e. The number of hydrogen-bond donors (Lipinski definition) is 0. The van der Waals surface area contributed by atoms with E-state index in [1.165, 1.54) is 0 Å². The van der Waals surface area contributed by atoms with Gasteiger partial charge < -0.3 is 57.7 Å². The number of rotatable bonds is 0. The Kier molecular flexibility index (Phi) is 70.6. The van der Waals surface area contributed by atoms with Gasteiger partial charge in [-0.2, -0.15) is 23.5 Å². The first kappa shape index (κ1) is 51.3. The van der Waals surface area contributed by atoms with Gasteiger partial charge in [-0.15, -0.1) is 0 Å². The summed E-state index contributed by atoms with van der Waals surface area (Å²) in [4.78, 5) is 76.9. The van der Waals surface area contributed by atoms with E-state index in [4.69, 9.17) is 57.7 Å². The van der Waals surface area contributed by atoms with Crippen LogP contribution in [-0.4, -0.2) is 0 Å². The fourth-order valence-electron chi connectivity index (χ4n) is 0. The third kappa shape index (κ3) is 238. The van der Waals surface area contributed by atoms with Crippen molar-refractivity contribution in [3.05, 3.63) is 0 Å². The van der Waals surface area contributed by atoms with Crippen LogP contribution in [0.4, 0.5) is 0 Å². The molecule has 0 spiro atoms. The molecule has 0 unspecified atom stereocenters. The Hall–Kier alpha value is 8.51. The van der Waals surface area contributed by atoms with Gasteiger partial charge in [0.2, 0.25) is 0 Å². The van der Waals surface area contributed by atoms with Crippen molar-refractivity contribution in [1.29, 1.82) is 0 Å². The molecule has 0 aromatic heterocycles. The standard InChI is InChI=1S/5K.3H3O4P/c;;;;;3*1-5(2,3)4/h;;;;;3*(H3,1,2,3,4)/q5*+1;;;/p-9. The third-order valence-corrected chi connectivity index (χ3v) is 0. The van der Waals surface area contributed by atoms with E-state index in [9.17, 15) is 0 Å². The molecule has 0 N–H and O–H groups in total. The molecule has 0 radical (unpaired) electrons. The fourth-order valence-corrected chi connectivity index (χ4v) is 0. The van der Waals surface area contributed by atoms with E-state index in [2.05, 4.69) is 0 Å². The van der Waals surface area contributed by atoms with Gasteiger partial charge in [-0.3, -0.25) is 0 Å². The zero-order valence-corrected chi connectivity index (χ0v) is 29.5. The van der Waals surface area contributed by atoms with Crippen molar-refractivity contribution in [3.63, 3.8) is 0 Å². The number of phosphoric acid groups is 3. The van der Waals surface area contributed by atoms with Crippen LogP contribution in [0.2, 0.25) is 0 Å². The summed E-state index contributed by atoms with van der Waals surface area (Å²) in [5, 5.41) is 0. The maximum atomic E-state index is 8.55. The third-order valence-electron chi connectivity index (χ3n) is 0. The molecular formula is K5O12P3-4. The zero-order valence-electron chi connectivity index (χ0n) is 11.2. The molecule has 0 amide bonds. The van der Waals surface area contributed by atoms with Gasteiger partial charge in [0.1, 0.15) is 0 Å². The Morgan fingerprint density at radius 2 is 0.350 bits per heavy atom. The second-order valence-electron chi connectivity index (χ2n) is 1.34. The fraction of sp³-hybridized carbons (Fsp3) is 0. The van der Waals surface area contributed by atoms with Crippen LogP contribution in [0.1, 0.15) is 0 Å². The van der Waals surface area contributed by atoms with Crippen molar-refractivity contribution >= 4 is 23.5 Å². The summed E-state index contributed by atoms with van der Waals surface area (Å²) in [5.74, 6) is 0. The van der Waals surface area contributed by atoms with Gasteiger partial charge in [0.05, 0.1) is 0 Å². The molecule has 12 nitrogen and oxygen atoms in total. The van der Waals surface area contributed by atoms with Crippen molar-refractivity contribution in [2.24, 2.45) is 0 Å². The van der Waals surface area contributed by atoms with Gasteiger partial charge in [0, 0.05) is 0 Å². The Bertz CT molecular complexity index is 213. The van der Waals surface area contributed by atoms with E-state index in [1.807, 2.05) is 0 Å². The van der Waals surface area contributed by atoms with Crippen molar-refractivity contribution in [2.75, 3.05) is 0 Å². The van der Waals surface area contributed by atoms with Crippen LogP contribution >= 0.6 is 23.5 Å². The van der Waals surface area contributed by atoms with Gasteiger partial charge >= 0.3 is 257 Å². The average molecular weight is 480 g/mol. The van der Waals surface area contributed by atoms with Crippen LogP contribution in [0.5, 0.6) is 0 Å². The Labute approximate surface area is 327 Å². The topological polar surface area (TPSA) is 259 Å². The van der Waals surface area contributed by atoms with Gasteiger partial charge in [-0.1, -0.05) is 0 Å². The van der Waals surface area contributed by atoms with Crippen LogP contribution in [0.3, 0.4) is 0 Å². The molecule has 0 bridgehead atoms. The summed E-state index contributed by atoms with van der Waals surface area (Å²) >= 11 is 0. The molecule has 0 saturated heterocycles. The first-order chi connectivity index (χ1) is 6.00. The smallest absolute Gasteiger partial charge is 0.822 e. The molecule has 0 aromatic rings. The van der Waals surface area contributed by atoms with Crippen molar-refractivity contribution in [3.8, 4) is 0 Å². The maximum Gasteiger partial charge on any atom is 1.00 e. The van der Waals surface area contributed by atoms with Crippen LogP contribution in [0.25, 0.3) is 0 Å². The van der Waals surface area contributed by atoms with E-state index in [1.54, 1.807) is 0 Å². The molecule has 20 heavy (non-hydrogen) atoms. The second kappa shape index (κ2) is 27.5. The summed E-state index contributed by atoms with van der Waals surface area (Å²) in [6.45, 7) is 0. The molecule has 0 aliphatic heterocycles. The molecule has 0 aliphatic carbocycles. The maximum absolute atomic E-state index is 8.55. The quantitative estimate of drug-likeness (QED) is 0.231. The molecule has 0 heterocycles. The van der Waals surface area contributed by atoms with Crippen LogP contribution in [0, 0.1) is 0 Å². The molecule has 96 valence electrons. The summed E-state index contributed by atoms with van der Waals surface area (Å²) in [5.41, 5.74) is 0. The van der Waals surface area contributed by atoms with Gasteiger partial charge in [0.15, 0.2) is 0 Å². The predicted molar refractivity (Wildman–Crippen MR) is 22.8 cm³/mol. The normalized spacial score (nSPS) is 8.85. The van der Waals surface area contributed by atoms with Crippen molar-refractivity contribution < 1.29 is 315 Å². The SMILES string of the molecule is O=P([O-])([O-])[O-].O=P([O-])([O-])[O-].O=P([O-])([O-])[O-].[K+].[K+].[K+].[K+].[K+]. The Morgan fingerprint density at radius 1 is 0.350 bits per heavy atom. The van der Waals surface area contributed by atoms with Gasteiger partial charge in [0.25, 0.3) is 0 Å². The Balaban J connectivity index is -0.0000000160. The summed E-state index contributed by atoms with van der Waals surface area (Å²) in [6.07, 6.45) is 0. The molecule has 0 saturated carbocycles. The first-order valence-corrected chi connectivity index (χ1v) is 6.57. The average Bonchev–Trinajstić information content (AvgIpc) is 1.41. The van der Waals surface area contributed by atoms with Gasteiger partial charge in [-0.25, -0.2) is 0 Å². The van der Waals surface area contributed by atoms with E-state index >= 15 is 0 Å². The minimum atomic E-state index is -5.39. The van der Waals surface area contributed by atoms with Gasteiger partial charge in [-0.05, 0) is 0 Å². The molecule has 20 heteroatoms. The second-order valence-corrected chi connectivity index (χ2v) is 4.02. The van der Waals surface area contributed by atoms with E-state index < -0.39 is 23.5 Å². The van der Waals surface area contributed by atoms with E-state index in [0.717, 1.165) is 0 Å². The minimum absolute atomic E-state index is 0. The molecule has 0 aliphatic rings. The first-order valence-electron chi connectivity index (χ1n) is 2.19. The Morgan fingerprint density at radius 3 is 0.350 bits per heavy atom. The monoisotopic (exact) mass is 480 g/mol. The summed E-state index contributed by atoms with van der Waals surface area (Å²) < 4.78 is 25.6. The summed E-state index contributed by atoms with van der Waals surface area (Å²) in [6, 6.07) is 0. The van der Waals surface area contributed by atoms with E-state index in [0.29, 0.717) is 0 Å². The van der Waals surface area contributed by atoms with E-state index in [-0.39, 0.29) is 257 Å². The summed E-state index contributed by atoms with van der Waals surface area (Å²) in [7, 11) is -16.2. The molecule has 0 rings (SSSR count). The molecule has 0 aromatic carbocycles. The molecule has 0 fully saturated rings. The zero-order chi connectivity index (χ0) is 13.5. The van der Waals surface area contributed by atoms with Crippen molar-refractivity contribution in [2.45, 2.75) is 0 Å².